The zero-order valence-corrected chi connectivity index (χ0v) is 14.9. The van der Waals surface area contributed by atoms with E-state index in [0.717, 1.165) is 62.3 Å². The molecule has 0 amide bonds. The lowest BCUT2D eigenvalue weighted by atomic mass is 10.2. The first-order valence-electron chi connectivity index (χ1n) is 9.18. The number of aryl methyl sites for hydroxylation is 1. The van der Waals surface area contributed by atoms with Gasteiger partial charge in [-0.1, -0.05) is 6.07 Å². The first kappa shape index (κ1) is 17.0. The molecule has 0 saturated carbocycles. The normalized spacial score (nSPS) is 15.5. The number of pyridine rings is 2. The van der Waals surface area contributed by atoms with Gasteiger partial charge >= 0.3 is 0 Å². The summed E-state index contributed by atoms with van der Waals surface area (Å²) in [6, 6.07) is 7.99. The first-order chi connectivity index (χ1) is 12.8. The topological polar surface area (TPSA) is 52.3 Å². The minimum Gasteiger partial charge on any atom is -0.379 e. The summed E-state index contributed by atoms with van der Waals surface area (Å²) in [4.78, 5) is 19.5. The maximum atomic E-state index is 13.0. The number of aromatic nitrogens is 3. The van der Waals surface area contributed by atoms with Crippen molar-refractivity contribution in [2.24, 2.45) is 0 Å². The van der Waals surface area contributed by atoms with Crippen molar-refractivity contribution in [3.63, 3.8) is 0 Å². The summed E-state index contributed by atoms with van der Waals surface area (Å²) in [7, 11) is 0. The van der Waals surface area contributed by atoms with Gasteiger partial charge in [-0.2, -0.15) is 0 Å². The van der Waals surface area contributed by atoms with Crippen LogP contribution in [0, 0.1) is 0 Å². The summed E-state index contributed by atoms with van der Waals surface area (Å²) in [6.07, 6.45) is 8.47. The molecule has 1 aliphatic rings. The summed E-state index contributed by atoms with van der Waals surface area (Å²) >= 11 is 0. The Morgan fingerprint density at radius 3 is 2.62 bits per heavy atom. The lowest BCUT2D eigenvalue weighted by Gasteiger charge is -2.26. The van der Waals surface area contributed by atoms with Crippen molar-refractivity contribution < 1.29 is 4.74 Å². The molecule has 3 aromatic heterocycles. The summed E-state index contributed by atoms with van der Waals surface area (Å²) in [5.74, 6) is 0. The maximum Gasteiger partial charge on any atom is 0.275 e. The highest BCUT2D eigenvalue weighted by Crippen LogP contribution is 2.13. The molecule has 6 heteroatoms. The Kier molecular flexibility index (Phi) is 5.13. The zero-order chi connectivity index (χ0) is 17.8. The molecule has 1 fully saturated rings. The van der Waals surface area contributed by atoms with E-state index >= 15 is 0 Å². The molecule has 1 saturated heterocycles. The van der Waals surface area contributed by atoms with Crippen molar-refractivity contribution in [2.45, 2.75) is 19.5 Å². The summed E-state index contributed by atoms with van der Waals surface area (Å²) in [5.41, 5.74) is 1.94. The molecule has 0 aliphatic carbocycles. The number of hydrogen-bond acceptors (Lipinski definition) is 4. The second kappa shape index (κ2) is 7.85. The number of rotatable bonds is 6. The van der Waals surface area contributed by atoms with Gasteiger partial charge in [0.25, 0.3) is 5.56 Å². The van der Waals surface area contributed by atoms with E-state index in [0.29, 0.717) is 6.54 Å². The van der Waals surface area contributed by atoms with Crippen LogP contribution < -0.4 is 5.56 Å². The minimum absolute atomic E-state index is 0.0818. The predicted molar refractivity (Wildman–Crippen MR) is 101 cm³/mol. The van der Waals surface area contributed by atoms with Gasteiger partial charge in [0.2, 0.25) is 0 Å². The average molecular weight is 352 g/mol. The molecule has 4 heterocycles. The average Bonchev–Trinajstić information content (AvgIpc) is 3.09. The van der Waals surface area contributed by atoms with E-state index in [1.165, 1.54) is 0 Å². The Hall–Kier alpha value is -2.44. The van der Waals surface area contributed by atoms with E-state index < -0.39 is 0 Å². The number of ether oxygens (including phenoxy) is 1. The highest BCUT2D eigenvalue weighted by Gasteiger charge is 2.11. The van der Waals surface area contributed by atoms with E-state index in [1.807, 2.05) is 52.0 Å². The van der Waals surface area contributed by atoms with Crippen molar-refractivity contribution in [3.05, 3.63) is 65.0 Å². The van der Waals surface area contributed by atoms with Crippen LogP contribution in [-0.2, 0) is 17.8 Å². The van der Waals surface area contributed by atoms with Crippen LogP contribution in [0.2, 0.25) is 0 Å². The van der Waals surface area contributed by atoms with Crippen molar-refractivity contribution in [1.29, 1.82) is 0 Å². The first-order valence-corrected chi connectivity index (χ1v) is 9.18. The predicted octanol–water partition coefficient (Wildman–Crippen LogP) is 1.97. The Labute approximate surface area is 152 Å². The smallest absolute Gasteiger partial charge is 0.275 e. The van der Waals surface area contributed by atoms with Gasteiger partial charge in [0, 0.05) is 62.9 Å². The number of nitrogens with zero attached hydrogens (tertiary/aromatic N) is 4. The molecule has 0 radical (unpaired) electrons. The molecular weight excluding hydrogens is 328 g/mol. The Morgan fingerprint density at radius 1 is 1.04 bits per heavy atom. The minimum atomic E-state index is 0.0818. The van der Waals surface area contributed by atoms with Crippen molar-refractivity contribution in [1.82, 2.24) is 19.0 Å². The van der Waals surface area contributed by atoms with Crippen LogP contribution in [0.15, 0.2) is 53.8 Å². The monoisotopic (exact) mass is 352 g/mol. The molecule has 3 aromatic rings. The fourth-order valence-corrected chi connectivity index (χ4v) is 3.53. The molecule has 0 N–H and O–H groups in total. The van der Waals surface area contributed by atoms with E-state index in [4.69, 9.17) is 4.74 Å². The third-order valence-corrected chi connectivity index (χ3v) is 4.94. The van der Waals surface area contributed by atoms with Crippen LogP contribution in [0.25, 0.3) is 10.9 Å². The van der Waals surface area contributed by atoms with Gasteiger partial charge in [-0.3, -0.25) is 14.7 Å². The van der Waals surface area contributed by atoms with E-state index in [2.05, 4.69) is 9.88 Å². The van der Waals surface area contributed by atoms with Crippen molar-refractivity contribution >= 4 is 10.9 Å². The third kappa shape index (κ3) is 3.71. The molecule has 0 bridgehead atoms. The molecule has 0 unspecified atom stereocenters. The highest BCUT2D eigenvalue weighted by atomic mass is 16.5. The molecule has 26 heavy (non-hydrogen) atoms. The lowest BCUT2D eigenvalue weighted by Crippen LogP contribution is -2.37. The molecule has 0 spiro atoms. The van der Waals surface area contributed by atoms with Crippen LogP contribution in [-0.4, -0.2) is 51.9 Å². The van der Waals surface area contributed by atoms with Crippen LogP contribution in [0.5, 0.6) is 0 Å². The second-order valence-electron chi connectivity index (χ2n) is 6.73. The largest absolute Gasteiger partial charge is 0.379 e. The van der Waals surface area contributed by atoms with Crippen LogP contribution >= 0.6 is 0 Å². The molecule has 0 aromatic carbocycles. The molecule has 1 aliphatic heterocycles. The highest BCUT2D eigenvalue weighted by molar-refractivity contribution is 5.79. The second-order valence-corrected chi connectivity index (χ2v) is 6.73. The van der Waals surface area contributed by atoms with Gasteiger partial charge in [0.1, 0.15) is 5.52 Å². The Balaban J connectivity index is 1.50. The van der Waals surface area contributed by atoms with Gasteiger partial charge in [0.05, 0.1) is 13.2 Å². The van der Waals surface area contributed by atoms with Crippen LogP contribution in [0.3, 0.4) is 0 Å². The Bertz CT molecular complexity index is 910. The van der Waals surface area contributed by atoms with Crippen molar-refractivity contribution in [2.75, 3.05) is 32.8 Å². The third-order valence-electron chi connectivity index (χ3n) is 4.94. The maximum absolute atomic E-state index is 13.0. The molecule has 4 rings (SSSR count). The fraction of sp³-hybridized carbons (Fsp3) is 0.400. The van der Waals surface area contributed by atoms with Gasteiger partial charge in [0.15, 0.2) is 0 Å². The summed E-state index contributed by atoms with van der Waals surface area (Å²) in [6.45, 7) is 6.00. The number of hydrogen-bond donors (Lipinski definition) is 0. The van der Waals surface area contributed by atoms with Crippen LogP contribution in [0.4, 0.5) is 0 Å². The zero-order valence-electron chi connectivity index (χ0n) is 14.9. The quantitative estimate of drug-likeness (QED) is 0.681. The summed E-state index contributed by atoms with van der Waals surface area (Å²) < 4.78 is 9.24. The Morgan fingerprint density at radius 2 is 1.85 bits per heavy atom. The van der Waals surface area contributed by atoms with E-state index in [-0.39, 0.29) is 5.56 Å². The van der Waals surface area contributed by atoms with Gasteiger partial charge in [-0.25, -0.2) is 0 Å². The molecular formula is C20H24N4O2. The van der Waals surface area contributed by atoms with Gasteiger partial charge in [-0.15, -0.1) is 0 Å². The fourth-order valence-electron chi connectivity index (χ4n) is 3.53. The van der Waals surface area contributed by atoms with Gasteiger partial charge < -0.3 is 13.9 Å². The van der Waals surface area contributed by atoms with Crippen molar-refractivity contribution in [3.8, 4) is 0 Å². The van der Waals surface area contributed by atoms with Gasteiger partial charge in [-0.05, 0) is 30.2 Å². The van der Waals surface area contributed by atoms with E-state index in [1.54, 1.807) is 6.20 Å². The van der Waals surface area contributed by atoms with Crippen LogP contribution in [0.1, 0.15) is 12.0 Å². The van der Waals surface area contributed by atoms with E-state index in [9.17, 15) is 4.79 Å². The molecule has 136 valence electrons. The SMILES string of the molecule is O=c1c2c(ccn1CCCN1CCOCC1)ccn2Cc1cccnc1. The lowest BCUT2D eigenvalue weighted by molar-refractivity contribution is 0.0369. The molecule has 0 atom stereocenters. The number of morpholine rings is 1. The molecule has 6 nitrogen and oxygen atoms in total. The summed E-state index contributed by atoms with van der Waals surface area (Å²) in [5, 5.41) is 0.989. The number of fused-ring (bicyclic) bond motifs is 1. The standard InChI is InChI=1S/C20H24N4O2/c25-20-19-18(5-10-24(19)16-17-3-1-6-21-15-17)4-9-23(20)8-2-7-22-11-13-26-14-12-22/h1,3-6,9-10,15H,2,7-8,11-14,16H2.